The summed E-state index contributed by atoms with van der Waals surface area (Å²) in [6.45, 7) is 15.6. The standard InChI is InChI=1S/C44H50Cl2N8O5.C37H36Cl2N6O5/c1-26(55)53-18-15-30(16-19-53)48-22-29-23-52(5)36-20-28(21-49-40(29)36)41-39(46)33(14-17-47-41)32-8-7-9-34(38(32)45)35-12-10-27(42(51-35)58-6)24-54(43(57)59-44(2,3)4)25-31-11-13-37(56)50-31;1-37(2,3)50-36(48)45(19-24-10-12-30(47)42-24)18-21-9-11-28(43-35(21)49-5)27-8-6-7-25(31(27)38)26-13-14-40-34(32(26)39)22-15-29-33(41-16-22)23(20-46)17-44(29)4/h7-10,12,14,17,20-21,23,30-31,48H,11,13,15-16,18-19,22,24-25H2,1-6H3,(H,50,56);6-9,11,13-17,20,24H,10,12,18-19H2,1-5H3,(H,42,47)/t31-;24-/m00/s1. The predicted octanol–water partition coefficient (Wildman–Crippen LogP) is 15.3. The number of carbonyl (C=O) groups is 6. The summed E-state index contributed by atoms with van der Waals surface area (Å²) in [4.78, 5) is 107. The van der Waals surface area contributed by atoms with Crippen LogP contribution < -0.4 is 25.4 Å². The number of amides is 5. The molecule has 0 aliphatic carbocycles. The molecule has 24 nitrogen and oxygen atoms in total. The van der Waals surface area contributed by atoms with E-state index in [0.29, 0.717) is 154 Å². The number of aldehydes is 1. The van der Waals surface area contributed by atoms with Crippen LogP contribution in [0.5, 0.6) is 11.8 Å². The summed E-state index contributed by atoms with van der Waals surface area (Å²) in [6, 6.07) is 26.2. The molecule has 109 heavy (non-hydrogen) atoms. The number of carbonyl (C=O) groups excluding carboxylic acids is 6. The Kier molecular flexibility index (Phi) is 23.9. The van der Waals surface area contributed by atoms with E-state index in [9.17, 15) is 28.8 Å². The molecule has 28 heteroatoms. The number of piperidine rings is 1. The Hall–Kier alpha value is -10.2. The van der Waals surface area contributed by atoms with Gasteiger partial charge in [-0.2, -0.15) is 0 Å². The summed E-state index contributed by atoms with van der Waals surface area (Å²) in [6.07, 6.45) is 14.4. The zero-order valence-electron chi connectivity index (χ0n) is 62.6. The lowest BCUT2D eigenvalue weighted by Gasteiger charge is -2.31. The van der Waals surface area contributed by atoms with Crippen molar-refractivity contribution in [3.8, 4) is 79.0 Å². The number of methoxy groups -OCH3 is 2. The molecule has 13 rings (SSSR count). The van der Waals surface area contributed by atoms with Gasteiger partial charge in [0, 0.05) is 183 Å². The van der Waals surface area contributed by atoms with Gasteiger partial charge in [-0.05, 0) is 116 Å². The number of hydrogen-bond acceptors (Lipinski definition) is 17. The van der Waals surface area contributed by atoms with E-state index in [1.165, 1.54) is 14.2 Å². The number of benzene rings is 2. The van der Waals surface area contributed by atoms with Crippen LogP contribution in [0.4, 0.5) is 9.59 Å². The molecule has 0 radical (unpaired) electrons. The average molecular weight is 1560 g/mol. The lowest BCUT2D eigenvalue weighted by atomic mass is 9.99. The minimum atomic E-state index is -0.702. The molecule has 0 unspecified atom stereocenters. The van der Waals surface area contributed by atoms with Crippen molar-refractivity contribution in [3.05, 3.63) is 164 Å². The molecular formula is C81H86Cl4N14O10. The van der Waals surface area contributed by atoms with Crippen LogP contribution in [0.15, 0.2) is 122 Å². The van der Waals surface area contributed by atoms with Crippen molar-refractivity contribution in [1.29, 1.82) is 0 Å². The van der Waals surface area contributed by atoms with Crippen LogP contribution in [-0.2, 0) is 57.6 Å². The van der Waals surface area contributed by atoms with Gasteiger partial charge in [0.05, 0.1) is 97.8 Å². The summed E-state index contributed by atoms with van der Waals surface area (Å²) in [5.41, 5.74) is 12.5. The molecule has 11 heterocycles. The largest absolute Gasteiger partial charge is 0.481 e. The van der Waals surface area contributed by atoms with Crippen LogP contribution in [-0.4, -0.2) is 160 Å². The molecule has 5 amide bonds. The van der Waals surface area contributed by atoms with Crippen LogP contribution in [0, 0.1) is 0 Å². The highest BCUT2D eigenvalue weighted by Crippen LogP contribution is 2.45. The fraction of sp³-hybridized carbons (Fsp3) is 0.358. The molecule has 8 aromatic heterocycles. The van der Waals surface area contributed by atoms with E-state index in [2.05, 4.69) is 47.7 Å². The van der Waals surface area contributed by atoms with Gasteiger partial charge < -0.3 is 58.7 Å². The Labute approximate surface area is 652 Å². The number of pyridine rings is 6. The molecule has 568 valence electrons. The third-order valence-corrected chi connectivity index (χ3v) is 20.8. The van der Waals surface area contributed by atoms with Crippen molar-refractivity contribution in [3.63, 3.8) is 0 Å². The number of nitrogens with zero attached hydrogens (tertiary/aromatic N) is 11. The van der Waals surface area contributed by atoms with E-state index < -0.39 is 23.4 Å². The summed E-state index contributed by atoms with van der Waals surface area (Å²) < 4.78 is 26.8. The van der Waals surface area contributed by atoms with Crippen LogP contribution in [0.25, 0.3) is 89.4 Å². The van der Waals surface area contributed by atoms with Crippen LogP contribution in [0.2, 0.25) is 20.1 Å². The highest BCUT2D eigenvalue weighted by Gasteiger charge is 2.33. The van der Waals surface area contributed by atoms with Crippen molar-refractivity contribution < 1.29 is 47.7 Å². The summed E-state index contributed by atoms with van der Waals surface area (Å²) in [5, 5.41) is 11.2. The van der Waals surface area contributed by atoms with Crippen molar-refractivity contribution >= 4 is 105 Å². The maximum Gasteiger partial charge on any atom is 0.410 e. The Balaban J connectivity index is 0.000000206. The number of nitrogens with one attached hydrogen (secondary N) is 3. The molecule has 3 aliphatic heterocycles. The minimum Gasteiger partial charge on any atom is -0.481 e. The van der Waals surface area contributed by atoms with E-state index in [0.717, 1.165) is 59.9 Å². The number of likely N-dealkylation sites (tertiary alicyclic amines) is 1. The lowest BCUT2D eigenvalue weighted by Crippen LogP contribution is -2.43. The molecule has 0 spiro atoms. The van der Waals surface area contributed by atoms with E-state index >= 15 is 0 Å². The first-order chi connectivity index (χ1) is 52.0. The van der Waals surface area contributed by atoms with Crippen molar-refractivity contribution in [2.45, 2.75) is 136 Å². The second kappa shape index (κ2) is 33.3. The zero-order chi connectivity index (χ0) is 77.8. The van der Waals surface area contributed by atoms with E-state index in [4.69, 9.17) is 80.3 Å². The SMILES string of the molecule is COc1nc(-c2cccc(-c3ccnc(-c4cnc5c(C=O)cn(C)c5c4)c3Cl)c2Cl)ccc1CN(C[C@@H]1CCC(=O)N1)C(=O)OC(C)(C)C.COc1nc(-c2cccc(-c3ccnc(-c4cnc5c(CNC6CCN(C(C)=O)CC6)cn(C)c5c4)c3Cl)c2Cl)ccc1CN(C[C@@H]1CCC(=O)N1)C(=O)OC(C)(C)C. The highest BCUT2D eigenvalue weighted by molar-refractivity contribution is 6.40. The van der Waals surface area contributed by atoms with Crippen molar-refractivity contribution in [2.24, 2.45) is 14.1 Å². The Morgan fingerprint density at radius 2 is 1.02 bits per heavy atom. The zero-order valence-corrected chi connectivity index (χ0v) is 65.6. The Morgan fingerprint density at radius 3 is 1.45 bits per heavy atom. The number of aromatic nitrogens is 8. The summed E-state index contributed by atoms with van der Waals surface area (Å²) in [5.74, 6) is 0.709. The Morgan fingerprint density at radius 1 is 0.578 bits per heavy atom. The van der Waals surface area contributed by atoms with E-state index in [-0.39, 0.29) is 56.0 Å². The second-order valence-electron chi connectivity index (χ2n) is 29.4. The van der Waals surface area contributed by atoms with Gasteiger partial charge in [0.2, 0.25) is 29.5 Å². The van der Waals surface area contributed by atoms with Crippen molar-refractivity contribution in [2.75, 3.05) is 40.4 Å². The first-order valence-corrected chi connectivity index (χ1v) is 37.4. The van der Waals surface area contributed by atoms with Gasteiger partial charge in [0.25, 0.3) is 0 Å². The smallest absolute Gasteiger partial charge is 0.410 e. The lowest BCUT2D eigenvalue weighted by molar-refractivity contribution is -0.130. The first-order valence-electron chi connectivity index (χ1n) is 35.9. The van der Waals surface area contributed by atoms with Gasteiger partial charge in [-0.3, -0.25) is 39.1 Å². The van der Waals surface area contributed by atoms with Gasteiger partial charge in [-0.25, -0.2) is 19.6 Å². The second-order valence-corrected chi connectivity index (χ2v) is 30.9. The molecule has 0 saturated carbocycles. The maximum absolute atomic E-state index is 13.3. The monoisotopic (exact) mass is 1550 g/mol. The number of hydrogen-bond donors (Lipinski definition) is 3. The van der Waals surface area contributed by atoms with Gasteiger partial charge >= 0.3 is 12.2 Å². The van der Waals surface area contributed by atoms with E-state index in [1.807, 2.05) is 117 Å². The molecule has 3 N–H and O–H groups in total. The molecule has 3 aliphatic rings. The van der Waals surface area contributed by atoms with E-state index in [1.54, 1.807) is 74.5 Å². The number of rotatable bonds is 20. The molecule has 2 atom stereocenters. The summed E-state index contributed by atoms with van der Waals surface area (Å²) in [7, 11) is 6.90. The Bertz CT molecular complexity index is 5140. The first kappa shape index (κ1) is 78.3. The van der Waals surface area contributed by atoms with Gasteiger partial charge in [0.1, 0.15) is 11.2 Å². The number of halogens is 4. The van der Waals surface area contributed by atoms with Gasteiger partial charge in [-0.1, -0.05) is 82.8 Å². The molecule has 0 bridgehead atoms. The number of fused-ring (bicyclic) bond motifs is 2. The topological polar surface area (TPSA) is 272 Å². The fourth-order valence-corrected chi connectivity index (χ4v) is 15.1. The minimum absolute atomic E-state index is 0.0322. The van der Waals surface area contributed by atoms with Gasteiger partial charge in [-0.15, -0.1) is 0 Å². The molecule has 3 saturated heterocycles. The molecule has 10 aromatic rings. The van der Waals surface area contributed by atoms with Crippen molar-refractivity contribution in [1.82, 2.24) is 69.7 Å². The summed E-state index contributed by atoms with van der Waals surface area (Å²) >= 11 is 28.4. The predicted molar refractivity (Wildman–Crippen MR) is 421 cm³/mol. The molecule has 3 fully saturated rings. The molecular weight excluding hydrogens is 1470 g/mol. The van der Waals surface area contributed by atoms with Crippen LogP contribution in [0.1, 0.15) is 114 Å². The third-order valence-electron chi connectivity index (χ3n) is 19.2. The normalized spacial score (nSPS) is 15.3. The average Bonchev–Trinajstić information content (AvgIpc) is 1.73. The quantitative estimate of drug-likeness (QED) is 0.0598. The van der Waals surface area contributed by atoms with Gasteiger partial charge in [0.15, 0.2) is 6.29 Å². The van der Waals surface area contributed by atoms with Crippen LogP contribution >= 0.6 is 46.4 Å². The number of ether oxygens (including phenoxy) is 4. The maximum atomic E-state index is 13.3. The molecule has 2 aromatic carbocycles. The highest BCUT2D eigenvalue weighted by atomic mass is 35.5. The number of aryl methyl sites for hydroxylation is 2. The third kappa shape index (κ3) is 18.1. The fourth-order valence-electron chi connectivity index (χ4n) is 13.8. The van der Waals surface area contributed by atoms with Crippen LogP contribution in [0.3, 0.4) is 0 Å².